The summed E-state index contributed by atoms with van der Waals surface area (Å²) in [6.45, 7) is 15.9. The lowest BCUT2D eigenvalue weighted by atomic mass is 9.92. The number of carboxylic acid groups (broad SMARTS) is 1. The van der Waals surface area contributed by atoms with Crippen LogP contribution in [0.1, 0.15) is 83.2 Å². The van der Waals surface area contributed by atoms with Gasteiger partial charge in [-0.05, 0) is 97.9 Å². The Morgan fingerprint density at radius 2 is 1.83 bits per heavy atom. The number of fused-ring (bicyclic) bond motifs is 7. The van der Waals surface area contributed by atoms with Crippen LogP contribution in [0.5, 0.6) is 5.75 Å². The standard InChI is InChI=1S/C37H46N4O5/c1-23-13-14-30-28(20-23)26-11-8-12-27(21-26)29-22-31-38-25(3)32(33(35(42)43)46-36(4,5)6)34(41(31)39-29)40-17-15-37(7,16-18-40)44-19-9-10-24(2)45-30/h8,11-14,20-22,24,33H,9-10,15-19H2,1-7H3,(H,42,43)/t24-,33-/m0/s1. The van der Waals surface area contributed by atoms with E-state index in [2.05, 4.69) is 56.0 Å². The number of rotatable bonds is 3. The highest BCUT2D eigenvalue weighted by Gasteiger charge is 2.38. The van der Waals surface area contributed by atoms with Crippen LogP contribution in [-0.2, 0) is 14.3 Å². The quantitative estimate of drug-likeness (QED) is 0.249. The minimum Gasteiger partial charge on any atom is -0.490 e. The molecule has 0 unspecified atom stereocenters. The third-order valence-corrected chi connectivity index (χ3v) is 9.02. The fourth-order valence-corrected chi connectivity index (χ4v) is 6.57. The summed E-state index contributed by atoms with van der Waals surface area (Å²) in [6.07, 6.45) is 2.19. The second-order valence-corrected chi connectivity index (χ2v) is 14.1. The molecule has 0 saturated carbocycles. The van der Waals surface area contributed by atoms with E-state index in [9.17, 15) is 9.90 Å². The molecule has 0 spiro atoms. The zero-order chi connectivity index (χ0) is 32.8. The molecule has 2 aromatic carbocycles. The number of nitrogens with zero attached hydrogens (tertiary/aromatic N) is 4. The Morgan fingerprint density at radius 3 is 2.54 bits per heavy atom. The maximum absolute atomic E-state index is 12.8. The Bertz CT molecular complexity index is 1750. The van der Waals surface area contributed by atoms with Crippen molar-refractivity contribution in [2.75, 3.05) is 24.6 Å². The van der Waals surface area contributed by atoms with Gasteiger partial charge in [0.1, 0.15) is 11.6 Å². The van der Waals surface area contributed by atoms with E-state index in [1.54, 1.807) is 0 Å². The Hall–Kier alpha value is -3.95. The first-order valence-corrected chi connectivity index (χ1v) is 16.4. The Labute approximate surface area is 271 Å². The second kappa shape index (κ2) is 12.3. The number of hydrogen-bond donors (Lipinski definition) is 1. The van der Waals surface area contributed by atoms with Gasteiger partial charge in [-0.25, -0.2) is 9.78 Å². The molecule has 4 aromatic rings. The van der Waals surface area contributed by atoms with Crippen LogP contribution in [0.4, 0.5) is 5.82 Å². The summed E-state index contributed by atoms with van der Waals surface area (Å²) < 4.78 is 21.1. The molecule has 9 nitrogen and oxygen atoms in total. The summed E-state index contributed by atoms with van der Waals surface area (Å²) >= 11 is 0. The minimum absolute atomic E-state index is 0.0332. The van der Waals surface area contributed by atoms with Gasteiger partial charge in [0, 0.05) is 42.6 Å². The fraction of sp³-hybridized carbons (Fsp3) is 0.486. The van der Waals surface area contributed by atoms with Gasteiger partial charge in [0.25, 0.3) is 0 Å². The molecule has 1 N–H and O–H groups in total. The molecule has 3 aliphatic rings. The molecule has 244 valence electrons. The summed E-state index contributed by atoms with van der Waals surface area (Å²) in [6, 6.07) is 16.6. The molecule has 6 bridgehead atoms. The summed E-state index contributed by atoms with van der Waals surface area (Å²) in [5.41, 5.74) is 5.74. The molecular formula is C37H46N4O5. The molecule has 1 saturated heterocycles. The zero-order valence-corrected chi connectivity index (χ0v) is 28.1. The van der Waals surface area contributed by atoms with Crippen molar-refractivity contribution in [1.29, 1.82) is 0 Å². The van der Waals surface area contributed by atoms with Crippen LogP contribution in [0.2, 0.25) is 0 Å². The number of aromatic nitrogens is 3. The third kappa shape index (κ3) is 6.62. The number of piperidine rings is 1. The highest BCUT2D eigenvalue weighted by atomic mass is 16.5. The number of aliphatic carboxylic acids is 1. The molecule has 46 heavy (non-hydrogen) atoms. The van der Waals surface area contributed by atoms with Crippen molar-refractivity contribution in [3.63, 3.8) is 0 Å². The van der Waals surface area contributed by atoms with Gasteiger partial charge in [0.15, 0.2) is 11.8 Å². The predicted molar refractivity (Wildman–Crippen MR) is 180 cm³/mol. The first kappa shape index (κ1) is 32.0. The van der Waals surface area contributed by atoms with Crippen LogP contribution in [0.25, 0.3) is 28.0 Å². The van der Waals surface area contributed by atoms with E-state index in [0.29, 0.717) is 42.4 Å². The Kier molecular flexibility index (Phi) is 8.59. The number of anilines is 1. The number of carbonyl (C=O) groups is 1. The lowest BCUT2D eigenvalue weighted by Crippen LogP contribution is -2.46. The van der Waals surface area contributed by atoms with Crippen LogP contribution in [0, 0.1) is 13.8 Å². The minimum atomic E-state index is -1.21. The van der Waals surface area contributed by atoms with Gasteiger partial charge >= 0.3 is 5.97 Å². The summed E-state index contributed by atoms with van der Waals surface area (Å²) in [5.74, 6) is 0.511. The van der Waals surface area contributed by atoms with E-state index < -0.39 is 17.7 Å². The van der Waals surface area contributed by atoms with E-state index >= 15 is 0 Å². The van der Waals surface area contributed by atoms with Crippen molar-refractivity contribution >= 4 is 17.4 Å². The van der Waals surface area contributed by atoms with Gasteiger partial charge in [0.05, 0.1) is 28.6 Å². The molecule has 0 amide bonds. The van der Waals surface area contributed by atoms with Crippen molar-refractivity contribution < 1.29 is 24.1 Å². The monoisotopic (exact) mass is 626 g/mol. The Balaban J connectivity index is 1.55. The average Bonchev–Trinajstić information content (AvgIpc) is 3.42. The van der Waals surface area contributed by atoms with Crippen LogP contribution in [-0.4, -0.2) is 62.7 Å². The van der Waals surface area contributed by atoms with Crippen molar-refractivity contribution in [3.8, 4) is 28.1 Å². The van der Waals surface area contributed by atoms with E-state index in [-0.39, 0.29) is 11.7 Å². The van der Waals surface area contributed by atoms with Crippen molar-refractivity contribution in [2.24, 2.45) is 0 Å². The third-order valence-electron chi connectivity index (χ3n) is 9.02. The van der Waals surface area contributed by atoms with E-state index in [4.69, 9.17) is 24.3 Å². The highest BCUT2D eigenvalue weighted by molar-refractivity contribution is 5.80. The van der Waals surface area contributed by atoms with Crippen LogP contribution < -0.4 is 9.64 Å². The lowest BCUT2D eigenvalue weighted by Gasteiger charge is -2.41. The van der Waals surface area contributed by atoms with E-state index in [1.165, 1.54) is 0 Å². The van der Waals surface area contributed by atoms with E-state index in [1.807, 2.05) is 50.4 Å². The summed E-state index contributed by atoms with van der Waals surface area (Å²) in [5, 5.41) is 15.6. The van der Waals surface area contributed by atoms with Gasteiger partial charge < -0.3 is 24.2 Å². The average molecular weight is 627 g/mol. The van der Waals surface area contributed by atoms with Gasteiger partial charge in [-0.15, -0.1) is 0 Å². The van der Waals surface area contributed by atoms with E-state index in [0.717, 1.165) is 59.4 Å². The van der Waals surface area contributed by atoms with Gasteiger partial charge in [-0.2, -0.15) is 9.61 Å². The molecule has 9 heteroatoms. The summed E-state index contributed by atoms with van der Waals surface area (Å²) in [4.78, 5) is 19.9. The molecule has 3 aliphatic heterocycles. The molecule has 0 aliphatic carbocycles. The second-order valence-electron chi connectivity index (χ2n) is 14.1. The van der Waals surface area contributed by atoms with Crippen LogP contribution >= 0.6 is 0 Å². The molecule has 1 fully saturated rings. The highest BCUT2D eigenvalue weighted by Crippen LogP contribution is 2.39. The number of benzene rings is 2. The fourth-order valence-electron chi connectivity index (χ4n) is 6.57. The first-order chi connectivity index (χ1) is 21.8. The van der Waals surface area contributed by atoms with Crippen molar-refractivity contribution in [2.45, 2.75) is 97.6 Å². The number of ether oxygens (including phenoxy) is 3. The predicted octanol–water partition coefficient (Wildman–Crippen LogP) is 7.56. The smallest absolute Gasteiger partial charge is 0.337 e. The SMILES string of the molecule is Cc1ccc2c(c1)-c1cccc(c1)-c1cc3nc(C)c([C@H](OC(C)(C)C)C(=O)O)c(n3n1)N1CCC(C)(CC1)OCCC[C@H](C)O2. The molecule has 5 heterocycles. The normalized spacial score (nSPS) is 21.3. The molecular weight excluding hydrogens is 580 g/mol. The van der Waals surface area contributed by atoms with Crippen molar-refractivity contribution in [1.82, 2.24) is 14.6 Å². The topological polar surface area (TPSA) is 98.4 Å². The van der Waals surface area contributed by atoms with Gasteiger partial charge in [-0.1, -0.05) is 29.8 Å². The summed E-state index contributed by atoms with van der Waals surface area (Å²) in [7, 11) is 0. The Morgan fingerprint density at radius 1 is 1.09 bits per heavy atom. The maximum Gasteiger partial charge on any atom is 0.337 e. The number of aryl methyl sites for hydroxylation is 2. The largest absolute Gasteiger partial charge is 0.490 e. The van der Waals surface area contributed by atoms with Gasteiger partial charge in [0.2, 0.25) is 0 Å². The molecule has 2 aromatic heterocycles. The maximum atomic E-state index is 12.8. The molecule has 7 rings (SSSR count). The molecule has 0 radical (unpaired) electrons. The first-order valence-electron chi connectivity index (χ1n) is 16.4. The van der Waals surface area contributed by atoms with Gasteiger partial charge in [-0.3, -0.25) is 0 Å². The van der Waals surface area contributed by atoms with Crippen LogP contribution in [0.15, 0.2) is 48.5 Å². The number of hydrogen-bond acceptors (Lipinski definition) is 7. The van der Waals surface area contributed by atoms with Crippen molar-refractivity contribution in [3.05, 3.63) is 65.4 Å². The zero-order valence-electron chi connectivity index (χ0n) is 28.1. The molecule has 2 atom stereocenters. The lowest BCUT2D eigenvalue weighted by molar-refractivity contribution is -0.160. The number of carboxylic acids is 1. The van der Waals surface area contributed by atoms with Crippen LogP contribution in [0.3, 0.4) is 0 Å².